The largest absolute Gasteiger partial charge is 0.508 e. The van der Waals surface area contributed by atoms with Crippen molar-refractivity contribution >= 4 is 28.5 Å². The number of hydrazone groups is 1. The highest BCUT2D eigenvalue weighted by Gasteiger charge is 2.19. The molecule has 2 aromatic carbocycles. The maximum absolute atomic E-state index is 13.2. The van der Waals surface area contributed by atoms with Crippen LogP contribution < -0.4 is 11.2 Å². The molecule has 0 radical (unpaired) electrons. The number of aromatic nitrogens is 4. The van der Waals surface area contributed by atoms with E-state index < -0.39 is 0 Å². The fraction of sp³-hybridized carbons (Fsp3) is 0. The average Bonchev–Trinajstić information content (AvgIpc) is 3.12. The number of benzene rings is 2. The van der Waals surface area contributed by atoms with Crippen LogP contribution >= 0.6 is 0 Å². The Morgan fingerprint density at radius 3 is 2.52 bits per heavy atom. The lowest BCUT2D eigenvalue weighted by molar-refractivity contribution is 0.314. The second kappa shape index (κ2) is 6.67. The first-order chi connectivity index (χ1) is 13.1. The van der Waals surface area contributed by atoms with Gasteiger partial charge in [0.2, 0.25) is 11.3 Å². The smallest absolute Gasteiger partial charge is 0.245 e. The van der Waals surface area contributed by atoms with Crippen molar-refractivity contribution in [2.24, 2.45) is 10.9 Å². The quantitative estimate of drug-likeness (QED) is 0.285. The lowest BCUT2D eigenvalue weighted by Crippen LogP contribution is -2.13. The summed E-state index contributed by atoms with van der Waals surface area (Å²) in [5.74, 6) is 5.52. The second-order valence-corrected chi connectivity index (χ2v) is 5.49. The molecular formula is C17H12FN7O2. The highest BCUT2D eigenvalue weighted by molar-refractivity contribution is 6.15. The Labute approximate surface area is 151 Å². The van der Waals surface area contributed by atoms with E-state index in [0.29, 0.717) is 11.3 Å². The Bertz CT molecular complexity index is 1140. The number of nitrogens with zero attached hydrogens (tertiary/aromatic N) is 5. The third kappa shape index (κ3) is 3.23. The summed E-state index contributed by atoms with van der Waals surface area (Å²) in [7, 11) is 0. The molecule has 4 N–H and O–H groups in total. The van der Waals surface area contributed by atoms with Gasteiger partial charge in [-0.3, -0.25) is 0 Å². The van der Waals surface area contributed by atoms with E-state index in [1.165, 1.54) is 24.3 Å². The minimum Gasteiger partial charge on any atom is -0.508 e. The van der Waals surface area contributed by atoms with E-state index in [9.17, 15) is 9.50 Å². The molecule has 0 unspecified atom stereocenters. The van der Waals surface area contributed by atoms with E-state index >= 15 is 0 Å². The molecule has 4 aromatic rings. The molecular weight excluding hydrogens is 353 g/mol. The van der Waals surface area contributed by atoms with Crippen LogP contribution in [0.1, 0.15) is 11.3 Å². The number of hydrogen-bond acceptors (Lipinski definition) is 9. The normalized spacial score (nSPS) is 11.7. The summed E-state index contributed by atoms with van der Waals surface area (Å²) in [5.41, 5.74) is 1.94. The first-order valence-corrected chi connectivity index (χ1v) is 7.74. The van der Waals surface area contributed by atoms with Crippen LogP contribution in [0.5, 0.6) is 5.75 Å². The van der Waals surface area contributed by atoms with E-state index in [2.05, 4.69) is 35.3 Å². The van der Waals surface area contributed by atoms with Crippen molar-refractivity contribution in [1.29, 1.82) is 0 Å². The summed E-state index contributed by atoms with van der Waals surface area (Å²) in [5, 5.41) is 23.9. The van der Waals surface area contributed by atoms with Gasteiger partial charge in [0, 0.05) is 11.3 Å². The molecule has 0 aliphatic carbocycles. The van der Waals surface area contributed by atoms with Gasteiger partial charge >= 0.3 is 0 Å². The summed E-state index contributed by atoms with van der Waals surface area (Å²) < 4.78 is 17.8. The molecule has 9 nitrogen and oxygen atoms in total. The molecule has 4 rings (SSSR count). The number of aromatic hydroxyl groups is 1. The molecule has 134 valence electrons. The third-order valence-electron chi connectivity index (χ3n) is 3.69. The molecule has 27 heavy (non-hydrogen) atoms. The first kappa shape index (κ1) is 16.4. The molecule has 0 fully saturated rings. The van der Waals surface area contributed by atoms with Gasteiger partial charge in [-0.1, -0.05) is 12.1 Å². The Balaban J connectivity index is 1.85. The van der Waals surface area contributed by atoms with Crippen molar-refractivity contribution in [3.05, 3.63) is 65.6 Å². The molecule has 0 amide bonds. The number of anilines is 2. The number of hydrogen-bond donors (Lipinski definition) is 3. The maximum atomic E-state index is 13.2. The lowest BCUT2D eigenvalue weighted by Gasteiger charge is -2.12. The second-order valence-electron chi connectivity index (χ2n) is 5.49. The standard InChI is InChI=1S/C17H12FN7O2/c18-10-4-6-11(7-5-10)20-15-14(21-16-17(22-15)25-27-24-16)13(23-19)9-2-1-3-12(26)8-9/h1-8,26H,19H2,(H,20,22,25). The lowest BCUT2D eigenvalue weighted by atomic mass is 10.1. The van der Waals surface area contributed by atoms with Crippen molar-refractivity contribution in [2.45, 2.75) is 0 Å². The number of phenolic OH excluding ortho intramolecular Hbond substituents is 1. The fourth-order valence-electron chi connectivity index (χ4n) is 2.49. The van der Waals surface area contributed by atoms with Crippen molar-refractivity contribution in [3.8, 4) is 5.75 Å². The zero-order valence-corrected chi connectivity index (χ0v) is 13.7. The Hall–Kier alpha value is -4.08. The summed E-state index contributed by atoms with van der Waals surface area (Å²) in [6, 6.07) is 12.1. The van der Waals surface area contributed by atoms with Crippen LogP contribution in [0.3, 0.4) is 0 Å². The number of rotatable bonds is 4. The predicted octanol–water partition coefficient (Wildman–Crippen LogP) is 2.31. The number of nitrogens with two attached hydrogens (primary N) is 1. The van der Waals surface area contributed by atoms with E-state index in [1.54, 1.807) is 24.3 Å². The Morgan fingerprint density at radius 1 is 1.07 bits per heavy atom. The molecule has 0 aliphatic rings. The van der Waals surface area contributed by atoms with Crippen molar-refractivity contribution in [2.75, 3.05) is 5.32 Å². The number of halogens is 1. The summed E-state index contributed by atoms with van der Waals surface area (Å²) in [6.07, 6.45) is 0. The molecule has 0 spiro atoms. The van der Waals surface area contributed by atoms with Crippen LogP contribution in [0.25, 0.3) is 11.3 Å². The van der Waals surface area contributed by atoms with Gasteiger partial charge < -0.3 is 16.3 Å². The predicted molar refractivity (Wildman–Crippen MR) is 95.0 cm³/mol. The average molecular weight is 365 g/mol. The van der Waals surface area contributed by atoms with Crippen LogP contribution in [-0.4, -0.2) is 31.1 Å². The van der Waals surface area contributed by atoms with Gasteiger partial charge in [-0.25, -0.2) is 19.0 Å². The molecule has 2 aromatic heterocycles. The van der Waals surface area contributed by atoms with E-state index in [4.69, 9.17) is 5.84 Å². The van der Waals surface area contributed by atoms with Gasteiger partial charge in [-0.15, -0.1) is 0 Å². The monoisotopic (exact) mass is 365 g/mol. The molecule has 0 aliphatic heterocycles. The molecule has 2 heterocycles. The first-order valence-electron chi connectivity index (χ1n) is 7.74. The molecule has 10 heteroatoms. The summed E-state index contributed by atoms with van der Waals surface area (Å²) >= 11 is 0. The molecule has 0 atom stereocenters. The summed E-state index contributed by atoms with van der Waals surface area (Å²) in [6.45, 7) is 0. The number of fused-ring (bicyclic) bond motifs is 1. The highest BCUT2D eigenvalue weighted by atomic mass is 19.1. The minimum absolute atomic E-state index is 0.0406. The van der Waals surface area contributed by atoms with Crippen LogP contribution in [0.4, 0.5) is 15.9 Å². The Morgan fingerprint density at radius 2 is 1.81 bits per heavy atom. The van der Waals surface area contributed by atoms with Gasteiger partial charge in [0.15, 0.2) is 5.82 Å². The van der Waals surface area contributed by atoms with Crippen LogP contribution in [-0.2, 0) is 0 Å². The van der Waals surface area contributed by atoms with E-state index in [1.807, 2.05) is 0 Å². The van der Waals surface area contributed by atoms with Gasteiger partial charge in [-0.2, -0.15) is 5.10 Å². The maximum Gasteiger partial charge on any atom is 0.245 e. The molecule has 0 bridgehead atoms. The highest BCUT2D eigenvalue weighted by Crippen LogP contribution is 2.24. The Kier molecular flexibility index (Phi) is 4.05. The van der Waals surface area contributed by atoms with Gasteiger partial charge in [0.1, 0.15) is 23.0 Å². The number of phenols is 1. The zero-order chi connectivity index (χ0) is 18.8. The SMILES string of the molecule is NN=C(c1cccc(O)c1)c1nc2nonc2nc1Nc1ccc(F)cc1. The van der Waals surface area contributed by atoms with Crippen molar-refractivity contribution in [1.82, 2.24) is 20.3 Å². The van der Waals surface area contributed by atoms with Crippen LogP contribution in [0.15, 0.2) is 58.3 Å². The fourth-order valence-corrected chi connectivity index (χ4v) is 2.49. The third-order valence-corrected chi connectivity index (χ3v) is 3.69. The van der Waals surface area contributed by atoms with Gasteiger partial charge in [0.25, 0.3) is 0 Å². The van der Waals surface area contributed by atoms with Crippen molar-refractivity contribution < 1.29 is 14.1 Å². The molecule has 0 saturated carbocycles. The minimum atomic E-state index is -0.369. The summed E-state index contributed by atoms with van der Waals surface area (Å²) in [4.78, 5) is 8.70. The molecule has 0 saturated heterocycles. The number of nitrogens with one attached hydrogen (secondary N) is 1. The van der Waals surface area contributed by atoms with E-state index in [-0.39, 0.29) is 40.1 Å². The topological polar surface area (TPSA) is 135 Å². The van der Waals surface area contributed by atoms with Gasteiger partial charge in [0.05, 0.1) is 0 Å². The van der Waals surface area contributed by atoms with Crippen molar-refractivity contribution in [3.63, 3.8) is 0 Å². The van der Waals surface area contributed by atoms with Gasteiger partial charge in [-0.05, 0) is 46.7 Å². The van der Waals surface area contributed by atoms with Crippen LogP contribution in [0.2, 0.25) is 0 Å². The zero-order valence-electron chi connectivity index (χ0n) is 13.7. The van der Waals surface area contributed by atoms with Crippen LogP contribution in [0, 0.1) is 5.82 Å². The van der Waals surface area contributed by atoms with E-state index in [0.717, 1.165) is 0 Å².